The van der Waals surface area contributed by atoms with Gasteiger partial charge in [-0.3, -0.25) is 0 Å². The van der Waals surface area contributed by atoms with Gasteiger partial charge in [0.1, 0.15) is 18.5 Å². The van der Waals surface area contributed by atoms with Crippen LogP contribution >= 0.6 is 0 Å². The molecule has 0 radical (unpaired) electrons. The van der Waals surface area contributed by atoms with E-state index in [2.05, 4.69) is 49.4 Å². The van der Waals surface area contributed by atoms with Crippen LogP contribution in [0.3, 0.4) is 0 Å². The molecule has 2 nitrogen and oxygen atoms in total. The molecule has 144 valence electrons. The Morgan fingerprint density at radius 2 is 1.77 bits per heavy atom. The average Bonchev–Trinajstić information content (AvgIpc) is 3.49. The smallest absolute Gasteiger partial charge is 0.119 e. The van der Waals surface area contributed by atoms with Gasteiger partial charge < -0.3 is 9.47 Å². The fourth-order valence-electron chi connectivity index (χ4n) is 2.92. The van der Waals surface area contributed by atoms with Crippen LogP contribution in [0, 0.1) is 0 Å². The van der Waals surface area contributed by atoms with Crippen molar-refractivity contribution in [2.75, 3.05) is 13.2 Å². The summed E-state index contributed by atoms with van der Waals surface area (Å²) < 4.78 is 10.9. The van der Waals surface area contributed by atoms with E-state index in [4.69, 9.17) is 9.47 Å². The van der Waals surface area contributed by atoms with E-state index in [1.165, 1.54) is 56.9 Å². The molecule has 2 rings (SSSR count). The highest BCUT2D eigenvalue weighted by molar-refractivity contribution is 5.28. The number of epoxide rings is 1. The second-order valence-corrected chi connectivity index (χ2v) is 7.19. The van der Waals surface area contributed by atoms with E-state index in [1.807, 2.05) is 6.07 Å². The Morgan fingerprint density at radius 3 is 2.54 bits per heavy atom. The van der Waals surface area contributed by atoms with Gasteiger partial charge in [-0.1, -0.05) is 69.0 Å². The van der Waals surface area contributed by atoms with Crippen LogP contribution in [0.15, 0.2) is 48.6 Å². The summed E-state index contributed by atoms with van der Waals surface area (Å²) in [4.78, 5) is 0. The Kier molecular flexibility index (Phi) is 10.9. The molecule has 0 bridgehead atoms. The lowest BCUT2D eigenvalue weighted by Crippen LogP contribution is -2.04. The fraction of sp³-hybridized carbons (Fsp3) is 0.583. The summed E-state index contributed by atoms with van der Waals surface area (Å²) in [5.74, 6) is 0.979. The molecular formula is C24H36O2. The zero-order valence-corrected chi connectivity index (χ0v) is 16.5. The summed E-state index contributed by atoms with van der Waals surface area (Å²) in [5.41, 5.74) is 1.38. The van der Waals surface area contributed by atoms with Crippen LogP contribution in [0.5, 0.6) is 5.75 Å². The van der Waals surface area contributed by atoms with E-state index >= 15 is 0 Å². The molecule has 1 aliphatic heterocycles. The fourth-order valence-corrected chi connectivity index (χ4v) is 2.92. The maximum atomic E-state index is 5.75. The second-order valence-electron chi connectivity index (χ2n) is 7.19. The number of hydrogen-bond donors (Lipinski definition) is 0. The van der Waals surface area contributed by atoms with Gasteiger partial charge in [-0.15, -0.1) is 0 Å². The lowest BCUT2D eigenvalue weighted by atomic mass is 10.1. The third-order valence-electron chi connectivity index (χ3n) is 4.65. The predicted molar refractivity (Wildman–Crippen MR) is 111 cm³/mol. The van der Waals surface area contributed by atoms with Crippen molar-refractivity contribution in [1.82, 2.24) is 0 Å². The van der Waals surface area contributed by atoms with Crippen LogP contribution in [0.4, 0.5) is 0 Å². The van der Waals surface area contributed by atoms with Crippen molar-refractivity contribution in [2.24, 2.45) is 0 Å². The van der Waals surface area contributed by atoms with Gasteiger partial charge in [-0.05, 0) is 56.2 Å². The molecule has 1 atom stereocenters. The normalized spacial score (nSPS) is 16.6. The van der Waals surface area contributed by atoms with Crippen LogP contribution in [0.2, 0.25) is 0 Å². The Bertz CT molecular complexity index is 529. The molecule has 0 aromatic heterocycles. The van der Waals surface area contributed by atoms with Gasteiger partial charge in [-0.2, -0.15) is 0 Å². The minimum Gasteiger partial charge on any atom is -0.491 e. The van der Waals surface area contributed by atoms with Gasteiger partial charge in [-0.25, -0.2) is 0 Å². The number of aryl methyl sites for hydroxylation is 1. The van der Waals surface area contributed by atoms with Crippen molar-refractivity contribution >= 4 is 0 Å². The standard InChI is InChI=1S/C24H36O2/c1-2-3-4-5-6-7-8-9-10-11-12-13-14-16-22-17-15-18-23(19-22)25-20-24-21-26-24/h5-6,8-9,15,17-19,24H,2-4,7,10-14,16,20-21H2,1H3/b6-5+,9-8+. The van der Waals surface area contributed by atoms with E-state index in [1.54, 1.807) is 0 Å². The summed E-state index contributed by atoms with van der Waals surface area (Å²) in [5, 5.41) is 0. The molecule has 0 saturated carbocycles. The van der Waals surface area contributed by atoms with E-state index in [0.29, 0.717) is 12.7 Å². The van der Waals surface area contributed by atoms with Crippen molar-refractivity contribution in [3.63, 3.8) is 0 Å². The molecule has 1 aromatic rings. The van der Waals surface area contributed by atoms with Crippen molar-refractivity contribution in [1.29, 1.82) is 0 Å². The van der Waals surface area contributed by atoms with E-state index in [9.17, 15) is 0 Å². The molecule has 26 heavy (non-hydrogen) atoms. The van der Waals surface area contributed by atoms with Crippen molar-refractivity contribution in [3.05, 3.63) is 54.1 Å². The maximum absolute atomic E-state index is 5.75. The van der Waals surface area contributed by atoms with Gasteiger partial charge in [0.2, 0.25) is 0 Å². The molecule has 0 spiro atoms. The third-order valence-corrected chi connectivity index (χ3v) is 4.65. The van der Waals surface area contributed by atoms with Crippen LogP contribution in [0.25, 0.3) is 0 Å². The van der Waals surface area contributed by atoms with Crippen molar-refractivity contribution in [3.8, 4) is 5.75 Å². The molecule has 1 heterocycles. The average molecular weight is 357 g/mol. The predicted octanol–water partition coefficient (Wildman–Crippen LogP) is 6.65. The first-order valence-corrected chi connectivity index (χ1v) is 10.5. The molecular weight excluding hydrogens is 320 g/mol. The zero-order valence-electron chi connectivity index (χ0n) is 16.5. The van der Waals surface area contributed by atoms with E-state index in [0.717, 1.165) is 25.2 Å². The highest BCUT2D eigenvalue weighted by Crippen LogP contribution is 2.18. The Hall–Kier alpha value is -1.54. The number of unbranched alkanes of at least 4 members (excludes halogenated alkanes) is 6. The quantitative estimate of drug-likeness (QED) is 0.199. The minimum absolute atomic E-state index is 0.324. The molecule has 1 aliphatic rings. The molecule has 2 heteroatoms. The number of ether oxygens (including phenoxy) is 2. The second kappa shape index (κ2) is 13.6. The SMILES string of the molecule is CCCC/C=C/C/C=C/CCCCCCc1cccc(OCC2CO2)c1. The first-order valence-electron chi connectivity index (χ1n) is 10.5. The number of rotatable bonds is 15. The molecule has 0 aliphatic carbocycles. The Balaban J connectivity index is 1.45. The van der Waals surface area contributed by atoms with Crippen molar-refractivity contribution < 1.29 is 9.47 Å². The molecule has 1 aromatic carbocycles. The molecule has 1 fully saturated rings. The monoisotopic (exact) mass is 356 g/mol. The van der Waals surface area contributed by atoms with Gasteiger partial charge >= 0.3 is 0 Å². The highest BCUT2D eigenvalue weighted by atomic mass is 16.6. The van der Waals surface area contributed by atoms with Gasteiger partial charge in [0.25, 0.3) is 0 Å². The zero-order chi connectivity index (χ0) is 18.3. The lowest BCUT2D eigenvalue weighted by molar-refractivity contribution is 0.263. The molecule has 1 saturated heterocycles. The van der Waals surface area contributed by atoms with Gasteiger partial charge in [0.15, 0.2) is 0 Å². The summed E-state index contributed by atoms with van der Waals surface area (Å²) in [7, 11) is 0. The van der Waals surface area contributed by atoms with Crippen LogP contribution in [0.1, 0.15) is 70.3 Å². The molecule has 0 amide bonds. The van der Waals surface area contributed by atoms with Crippen LogP contribution < -0.4 is 4.74 Å². The first-order chi connectivity index (χ1) is 12.9. The number of benzene rings is 1. The van der Waals surface area contributed by atoms with Crippen molar-refractivity contribution in [2.45, 2.75) is 77.2 Å². The lowest BCUT2D eigenvalue weighted by Gasteiger charge is -2.07. The third kappa shape index (κ3) is 10.5. The number of hydrogen-bond acceptors (Lipinski definition) is 2. The summed E-state index contributed by atoms with van der Waals surface area (Å²) in [6, 6.07) is 8.52. The summed E-state index contributed by atoms with van der Waals surface area (Å²) >= 11 is 0. The Morgan fingerprint density at radius 1 is 1.00 bits per heavy atom. The summed E-state index contributed by atoms with van der Waals surface area (Å²) in [6.45, 7) is 3.78. The Labute approximate surface area is 160 Å². The topological polar surface area (TPSA) is 21.8 Å². The molecule has 1 unspecified atom stereocenters. The van der Waals surface area contributed by atoms with Gasteiger partial charge in [0.05, 0.1) is 6.61 Å². The van der Waals surface area contributed by atoms with Crippen LogP contribution in [-0.4, -0.2) is 19.3 Å². The largest absolute Gasteiger partial charge is 0.491 e. The van der Waals surface area contributed by atoms with Crippen LogP contribution in [-0.2, 0) is 11.2 Å². The first kappa shape index (κ1) is 20.8. The number of allylic oxidation sites excluding steroid dienone is 4. The summed E-state index contributed by atoms with van der Waals surface area (Å²) in [6.07, 6.45) is 22.1. The van der Waals surface area contributed by atoms with E-state index < -0.39 is 0 Å². The minimum atomic E-state index is 0.324. The maximum Gasteiger partial charge on any atom is 0.119 e. The highest BCUT2D eigenvalue weighted by Gasteiger charge is 2.22. The molecule has 0 N–H and O–H groups in total. The van der Waals surface area contributed by atoms with E-state index in [-0.39, 0.29) is 0 Å². The van der Waals surface area contributed by atoms with Gasteiger partial charge in [0, 0.05) is 0 Å².